The summed E-state index contributed by atoms with van der Waals surface area (Å²) in [6.07, 6.45) is -3.93. The summed E-state index contributed by atoms with van der Waals surface area (Å²) in [6, 6.07) is 15.4. The Bertz CT molecular complexity index is 730. The predicted molar refractivity (Wildman–Crippen MR) is 99.8 cm³/mol. The standard InChI is InChI=1S/C21H26O6/c1-13(22)21-20(24)17(23)12-19(27-21)26-18-6-4-3-5-15(18)11-14-7-9-16(25-2)10-8-14/h3-10,13,17,19-24H,11-12H2,1-2H3/t13?,17-,19-,20+,21?/m1/s1. The second-order valence-electron chi connectivity index (χ2n) is 6.81. The number of rotatable bonds is 6. The van der Waals surface area contributed by atoms with Crippen LogP contribution in [0, 0.1) is 0 Å². The minimum Gasteiger partial charge on any atom is -0.497 e. The van der Waals surface area contributed by atoms with Gasteiger partial charge in [-0.2, -0.15) is 0 Å². The average Bonchev–Trinajstić information content (AvgIpc) is 2.66. The molecule has 1 saturated heterocycles. The molecule has 0 spiro atoms. The highest BCUT2D eigenvalue weighted by molar-refractivity contribution is 5.39. The Morgan fingerprint density at radius 1 is 1.11 bits per heavy atom. The lowest BCUT2D eigenvalue weighted by Gasteiger charge is -2.38. The van der Waals surface area contributed by atoms with Crippen molar-refractivity contribution in [2.45, 2.75) is 50.5 Å². The lowest BCUT2D eigenvalue weighted by molar-refractivity contribution is -0.242. The van der Waals surface area contributed by atoms with Crippen LogP contribution in [0.3, 0.4) is 0 Å². The van der Waals surface area contributed by atoms with Crippen molar-refractivity contribution in [1.29, 1.82) is 0 Å². The summed E-state index contributed by atoms with van der Waals surface area (Å²) in [5.41, 5.74) is 2.08. The van der Waals surface area contributed by atoms with E-state index in [4.69, 9.17) is 14.2 Å². The van der Waals surface area contributed by atoms with Gasteiger partial charge in [-0.15, -0.1) is 0 Å². The first-order valence-corrected chi connectivity index (χ1v) is 9.05. The largest absolute Gasteiger partial charge is 0.497 e. The molecule has 146 valence electrons. The van der Waals surface area contributed by atoms with Crippen LogP contribution in [0.4, 0.5) is 0 Å². The molecule has 2 unspecified atom stereocenters. The van der Waals surface area contributed by atoms with E-state index in [0.717, 1.165) is 16.9 Å². The molecular formula is C21H26O6. The Labute approximate surface area is 158 Å². The van der Waals surface area contributed by atoms with Gasteiger partial charge in [-0.25, -0.2) is 0 Å². The number of benzene rings is 2. The summed E-state index contributed by atoms with van der Waals surface area (Å²) in [7, 11) is 1.63. The number of aliphatic hydroxyl groups excluding tert-OH is 3. The zero-order valence-corrected chi connectivity index (χ0v) is 15.5. The monoisotopic (exact) mass is 374 g/mol. The van der Waals surface area contributed by atoms with E-state index in [9.17, 15) is 15.3 Å². The highest BCUT2D eigenvalue weighted by atomic mass is 16.7. The molecule has 0 aromatic heterocycles. The molecule has 6 nitrogen and oxygen atoms in total. The first kappa shape index (κ1) is 19.6. The summed E-state index contributed by atoms with van der Waals surface area (Å²) in [4.78, 5) is 0. The third-order valence-electron chi connectivity index (χ3n) is 4.73. The number of ether oxygens (including phenoxy) is 3. The normalized spacial score (nSPS) is 26.4. The topological polar surface area (TPSA) is 88.4 Å². The molecular weight excluding hydrogens is 348 g/mol. The van der Waals surface area contributed by atoms with Crippen molar-refractivity contribution >= 4 is 0 Å². The average molecular weight is 374 g/mol. The van der Waals surface area contributed by atoms with E-state index in [1.54, 1.807) is 7.11 Å². The number of para-hydroxylation sites is 1. The SMILES string of the molecule is COc1ccc(Cc2ccccc2O[C@H]2C[C@@H](O)[C@H](O)C(C(C)O)O2)cc1. The minimum atomic E-state index is -1.14. The fourth-order valence-corrected chi connectivity index (χ4v) is 3.21. The Morgan fingerprint density at radius 2 is 1.81 bits per heavy atom. The van der Waals surface area contributed by atoms with Crippen LogP contribution in [0.2, 0.25) is 0 Å². The maximum Gasteiger partial charge on any atom is 0.202 e. The summed E-state index contributed by atoms with van der Waals surface area (Å²) >= 11 is 0. The molecule has 3 rings (SSSR count). The van der Waals surface area contributed by atoms with E-state index in [1.165, 1.54) is 6.92 Å². The van der Waals surface area contributed by atoms with Gasteiger partial charge in [-0.05, 0) is 36.2 Å². The van der Waals surface area contributed by atoms with Crippen LogP contribution in [0.1, 0.15) is 24.5 Å². The second kappa shape index (κ2) is 8.71. The van der Waals surface area contributed by atoms with E-state index < -0.39 is 30.7 Å². The van der Waals surface area contributed by atoms with E-state index in [1.807, 2.05) is 48.5 Å². The van der Waals surface area contributed by atoms with E-state index in [0.29, 0.717) is 12.2 Å². The maximum absolute atomic E-state index is 10.1. The molecule has 6 heteroatoms. The smallest absolute Gasteiger partial charge is 0.202 e. The Balaban J connectivity index is 1.73. The van der Waals surface area contributed by atoms with Crippen molar-refractivity contribution in [1.82, 2.24) is 0 Å². The van der Waals surface area contributed by atoms with E-state index in [2.05, 4.69) is 0 Å². The fraction of sp³-hybridized carbons (Fsp3) is 0.429. The summed E-state index contributed by atoms with van der Waals surface area (Å²) < 4.78 is 16.8. The molecule has 0 amide bonds. The number of hydrogen-bond donors (Lipinski definition) is 3. The lowest BCUT2D eigenvalue weighted by atomic mass is 9.98. The maximum atomic E-state index is 10.1. The van der Waals surface area contributed by atoms with Crippen LogP contribution in [0.15, 0.2) is 48.5 Å². The molecule has 27 heavy (non-hydrogen) atoms. The predicted octanol–water partition coefficient (Wildman–Crippen LogP) is 1.88. The molecule has 0 bridgehead atoms. The Kier molecular flexibility index (Phi) is 6.34. The van der Waals surface area contributed by atoms with Gasteiger partial charge in [-0.3, -0.25) is 0 Å². The summed E-state index contributed by atoms with van der Waals surface area (Å²) in [5.74, 6) is 1.45. The molecule has 0 aliphatic carbocycles. The summed E-state index contributed by atoms with van der Waals surface area (Å²) in [5, 5.41) is 29.8. The number of hydrogen-bond acceptors (Lipinski definition) is 6. The van der Waals surface area contributed by atoms with Crippen molar-refractivity contribution in [2.75, 3.05) is 7.11 Å². The van der Waals surface area contributed by atoms with Crippen molar-refractivity contribution in [3.05, 3.63) is 59.7 Å². The molecule has 1 fully saturated rings. The first-order chi connectivity index (χ1) is 13.0. The third-order valence-corrected chi connectivity index (χ3v) is 4.73. The van der Waals surface area contributed by atoms with Crippen LogP contribution in [0.25, 0.3) is 0 Å². The molecule has 1 aliphatic heterocycles. The van der Waals surface area contributed by atoms with Gasteiger partial charge in [0, 0.05) is 12.8 Å². The quantitative estimate of drug-likeness (QED) is 0.716. The van der Waals surface area contributed by atoms with Gasteiger partial charge in [0.25, 0.3) is 0 Å². The zero-order valence-electron chi connectivity index (χ0n) is 15.5. The minimum absolute atomic E-state index is 0.126. The van der Waals surface area contributed by atoms with E-state index >= 15 is 0 Å². The molecule has 1 aliphatic rings. The third kappa shape index (κ3) is 4.78. The summed E-state index contributed by atoms with van der Waals surface area (Å²) in [6.45, 7) is 1.51. The van der Waals surface area contributed by atoms with Gasteiger partial charge >= 0.3 is 0 Å². The molecule has 0 saturated carbocycles. The van der Waals surface area contributed by atoms with Gasteiger partial charge in [-0.1, -0.05) is 30.3 Å². The van der Waals surface area contributed by atoms with Crippen LogP contribution in [-0.2, 0) is 11.2 Å². The van der Waals surface area contributed by atoms with Gasteiger partial charge in [0.2, 0.25) is 6.29 Å². The van der Waals surface area contributed by atoms with Gasteiger partial charge in [0.1, 0.15) is 23.7 Å². The van der Waals surface area contributed by atoms with Crippen molar-refractivity contribution in [3.63, 3.8) is 0 Å². The molecule has 3 N–H and O–H groups in total. The van der Waals surface area contributed by atoms with Crippen molar-refractivity contribution in [2.24, 2.45) is 0 Å². The highest BCUT2D eigenvalue weighted by Gasteiger charge is 2.40. The number of methoxy groups -OCH3 is 1. The molecule has 5 atom stereocenters. The van der Waals surface area contributed by atoms with Gasteiger partial charge in [0.05, 0.1) is 19.3 Å². The van der Waals surface area contributed by atoms with Gasteiger partial charge < -0.3 is 29.5 Å². The number of aliphatic hydroxyl groups is 3. The van der Waals surface area contributed by atoms with Gasteiger partial charge in [0.15, 0.2) is 0 Å². The Hall–Kier alpha value is -2.12. The lowest BCUT2D eigenvalue weighted by Crippen LogP contribution is -2.53. The molecule has 0 radical (unpaired) electrons. The molecule has 1 heterocycles. The van der Waals surface area contributed by atoms with Crippen molar-refractivity contribution in [3.8, 4) is 11.5 Å². The van der Waals surface area contributed by atoms with Crippen LogP contribution < -0.4 is 9.47 Å². The Morgan fingerprint density at radius 3 is 2.48 bits per heavy atom. The second-order valence-corrected chi connectivity index (χ2v) is 6.81. The molecule has 2 aromatic carbocycles. The van der Waals surface area contributed by atoms with Crippen LogP contribution >= 0.6 is 0 Å². The fourth-order valence-electron chi connectivity index (χ4n) is 3.21. The molecule has 2 aromatic rings. The van der Waals surface area contributed by atoms with Crippen LogP contribution in [0.5, 0.6) is 11.5 Å². The zero-order chi connectivity index (χ0) is 19.4. The van der Waals surface area contributed by atoms with E-state index in [-0.39, 0.29) is 6.42 Å². The van der Waals surface area contributed by atoms with Crippen LogP contribution in [-0.4, -0.2) is 53.1 Å². The highest BCUT2D eigenvalue weighted by Crippen LogP contribution is 2.28. The van der Waals surface area contributed by atoms with Crippen molar-refractivity contribution < 1.29 is 29.5 Å². The first-order valence-electron chi connectivity index (χ1n) is 9.05.